The number of halogens is 1. The van der Waals surface area contributed by atoms with Crippen molar-refractivity contribution < 1.29 is 0 Å². The highest BCUT2D eigenvalue weighted by Gasteiger charge is 2.28. The Kier molecular flexibility index (Phi) is 1.96. The summed E-state index contributed by atoms with van der Waals surface area (Å²) < 4.78 is -0.117. The molecule has 1 atom stereocenters. The van der Waals surface area contributed by atoms with Crippen LogP contribution in [0.2, 0.25) is 0 Å². The first-order chi connectivity index (χ1) is 4.45. The Morgan fingerprint density at radius 2 is 1.80 bits per heavy atom. The van der Waals surface area contributed by atoms with Crippen molar-refractivity contribution in [1.82, 2.24) is 0 Å². The fourth-order valence-electron chi connectivity index (χ4n) is 1.10. The van der Waals surface area contributed by atoms with Crippen molar-refractivity contribution in [2.45, 2.75) is 32.3 Å². The van der Waals surface area contributed by atoms with E-state index in [-0.39, 0.29) is 4.62 Å². The van der Waals surface area contributed by atoms with Crippen LogP contribution in [0.5, 0.6) is 0 Å². The predicted octanol–water partition coefficient (Wildman–Crippen LogP) is 3.43. The molecule has 0 spiro atoms. The average Bonchev–Trinajstić information content (AvgIpc) is 1.95. The second kappa shape index (κ2) is 2.36. The average molecular weight is 175 g/mol. The van der Waals surface area contributed by atoms with E-state index in [2.05, 4.69) is 27.7 Å². The van der Waals surface area contributed by atoms with Gasteiger partial charge in [-0.15, -0.1) is 11.6 Å². The van der Waals surface area contributed by atoms with Crippen LogP contribution in [0, 0.1) is 0 Å². The van der Waals surface area contributed by atoms with E-state index in [4.69, 9.17) is 11.6 Å². The van der Waals surface area contributed by atoms with Crippen LogP contribution in [-0.4, -0.2) is 9.91 Å². The van der Waals surface area contributed by atoms with Crippen molar-refractivity contribution in [2.75, 3.05) is 0 Å². The van der Waals surface area contributed by atoms with Gasteiger partial charge in [-0.2, -0.15) is 0 Å². The number of hydrogen-bond donors (Lipinski definition) is 0. The third kappa shape index (κ3) is 1.15. The van der Waals surface area contributed by atoms with E-state index in [0.717, 1.165) is 0 Å². The van der Waals surface area contributed by atoms with E-state index in [1.165, 1.54) is 24.6 Å². The molecule has 0 radical (unpaired) electrons. The maximum absolute atomic E-state index is 6.22. The molecular weight excluding hydrogens is 163 g/mol. The summed E-state index contributed by atoms with van der Waals surface area (Å²) in [5.74, 6) is 0. The van der Waals surface area contributed by atoms with Gasteiger partial charge in [-0.1, -0.05) is 8.20 Å². The first-order valence-electron chi connectivity index (χ1n) is 3.39. The molecule has 0 aromatic carbocycles. The Morgan fingerprint density at radius 1 is 1.30 bits per heavy atom. The molecule has 1 rings (SSSR count). The number of hydrogen-bond acceptors (Lipinski definition) is 0. The molecule has 0 fully saturated rings. The molecule has 0 amide bonds. The van der Waals surface area contributed by atoms with Crippen LogP contribution < -0.4 is 0 Å². The molecule has 0 nitrogen and oxygen atoms in total. The fraction of sp³-hybridized carbons (Fsp3) is 0.625. The second-order valence-electron chi connectivity index (χ2n) is 2.90. The van der Waals surface area contributed by atoms with E-state index in [0.29, 0.717) is 0 Å². The fourth-order valence-corrected chi connectivity index (χ4v) is 2.92. The van der Waals surface area contributed by atoms with Crippen molar-refractivity contribution in [2.24, 2.45) is 0 Å². The lowest BCUT2D eigenvalue weighted by Gasteiger charge is -2.13. The summed E-state index contributed by atoms with van der Waals surface area (Å²) in [7, 11) is 1.26. The van der Waals surface area contributed by atoms with Gasteiger partial charge in [0.25, 0.3) is 0 Å². The van der Waals surface area contributed by atoms with Gasteiger partial charge in [0, 0.05) is 0 Å². The van der Waals surface area contributed by atoms with Crippen LogP contribution in [0.3, 0.4) is 0 Å². The highest BCUT2D eigenvalue weighted by atomic mass is 35.5. The van der Waals surface area contributed by atoms with Gasteiger partial charge in [0.05, 0.1) is 0 Å². The third-order valence-electron chi connectivity index (χ3n) is 2.17. The van der Waals surface area contributed by atoms with Crippen molar-refractivity contribution in [3.8, 4) is 0 Å². The zero-order valence-corrected chi connectivity index (χ0v) is 8.48. The minimum absolute atomic E-state index is 0.117. The zero-order valence-electron chi connectivity index (χ0n) is 6.83. The van der Waals surface area contributed by atoms with Crippen molar-refractivity contribution >= 4 is 25.1 Å². The van der Waals surface area contributed by atoms with E-state index < -0.39 is 0 Å². The molecule has 0 bridgehead atoms. The van der Waals surface area contributed by atoms with E-state index in [1.807, 2.05) is 0 Å². The highest BCUT2D eigenvalue weighted by molar-refractivity contribution is 7.46. The molecule has 0 aliphatic carbocycles. The van der Waals surface area contributed by atoms with Gasteiger partial charge in [0.1, 0.15) is 4.62 Å². The van der Waals surface area contributed by atoms with Crippen molar-refractivity contribution in [3.05, 3.63) is 11.1 Å². The van der Waals surface area contributed by atoms with E-state index in [1.54, 1.807) is 0 Å². The van der Waals surface area contributed by atoms with Crippen molar-refractivity contribution in [1.29, 1.82) is 0 Å². The van der Waals surface area contributed by atoms with Gasteiger partial charge in [-0.05, 0) is 44.1 Å². The molecule has 1 unspecified atom stereocenters. The molecule has 2 heteroatoms. The molecule has 0 aromatic rings. The third-order valence-corrected chi connectivity index (χ3v) is 4.13. The monoisotopic (exact) mass is 174 g/mol. The summed E-state index contributed by atoms with van der Waals surface area (Å²) in [4.78, 5) is 0. The second-order valence-corrected chi connectivity index (χ2v) is 5.71. The van der Waals surface area contributed by atoms with Gasteiger partial charge in [-0.25, -0.2) is 0 Å². The minimum atomic E-state index is -0.117. The molecule has 0 saturated heterocycles. The van der Waals surface area contributed by atoms with Crippen LogP contribution in [0.1, 0.15) is 27.7 Å². The maximum Gasteiger partial charge on any atom is 0.104 e. The number of allylic oxidation sites excluding steroid dienone is 2. The Labute approximate surface area is 69.1 Å². The molecule has 0 aromatic heterocycles. The first-order valence-corrected chi connectivity index (χ1v) is 4.66. The van der Waals surface area contributed by atoms with Gasteiger partial charge in [-0.3, -0.25) is 0 Å². The standard InChI is InChI=1S/C8H12ClP/c1-5-6(2)8(4,9)10-7(5)3/h1-4H3. The van der Waals surface area contributed by atoms with Crippen LogP contribution in [-0.2, 0) is 0 Å². The van der Waals surface area contributed by atoms with Crippen LogP contribution in [0.25, 0.3) is 0 Å². The van der Waals surface area contributed by atoms with Crippen molar-refractivity contribution in [3.63, 3.8) is 0 Å². The lowest BCUT2D eigenvalue weighted by atomic mass is 10.1. The largest absolute Gasteiger partial charge is 0.105 e. The van der Waals surface area contributed by atoms with Gasteiger partial charge in [0.2, 0.25) is 0 Å². The summed E-state index contributed by atoms with van der Waals surface area (Å²) in [6.07, 6.45) is 0. The van der Waals surface area contributed by atoms with Crippen LogP contribution >= 0.6 is 19.8 Å². The molecule has 1 aliphatic rings. The lowest BCUT2D eigenvalue weighted by Crippen LogP contribution is -2.05. The van der Waals surface area contributed by atoms with Gasteiger partial charge >= 0.3 is 0 Å². The maximum atomic E-state index is 6.22. The molecule has 0 N–H and O–H groups in total. The Morgan fingerprint density at radius 3 is 1.90 bits per heavy atom. The summed E-state index contributed by atoms with van der Waals surface area (Å²) >= 11 is 6.22. The predicted molar refractivity (Wildman–Crippen MR) is 50.2 cm³/mol. The molecular formula is C8H12ClP. The first kappa shape index (κ1) is 8.30. The quantitative estimate of drug-likeness (QED) is 0.390. The zero-order chi connectivity index (χ0) is 7.94. The lowest BCUT2D eigenvalue weighted by molar-refractivity contribution is 1.02. The molecule has 0 saturated carbocycles. The topological polar surface area (TPSA) is 0 Å². The number of alkyl halides is 1. The molecule has 1 heterocycles. The van der Waals surface area contributed by atoms with Crippen LogP contribution in [0.4, 0.5) is 0 Å². The smallest absolute Gasteiger partial charge is 0.104 e. The molecule has 1 aliphatic heterocycles. The van der Waals surface area contributed by atoms with E-state index in [9.17, 15) is 0 Å². The van der Waals surface area contributed by atoms with E-state index >= 15 is 0 Å². The SMILES string of the molecule is CC1=PC(C)(Cl)C(C)=C1C. The number of rotatable bonds is 0. The van der Waals surface area contributed by atoms with Crippen LogP contribution in [0.15, 0.2) is 11.1 Å². The normalized spacial score (nSPS) is 34.7. The summed E-state index contributed by atoms with van der Waals surface area (Å²) in [6.45, 7) is 8.48. The Balaban J connectivity index is 3.12. The summed E-state index contributed by atoms with van der Waals surface area (Å²) in [6, 6.07) is 0. The van der Waals surface area contributed by atoms with Gasteiger partial charge in [0.15, 0.2) is 0 Å². The highest BCUT2D eigenvalue weighted by Crippen LogP contribution is 2.44. The Hall–Kier alpha value is 0.200. The summed E-state index contributed by atoms with van der Waals surface area (Å²) in [5, 5.41) is 1.41. The molecule has 10 heavy (non-hydrogen) atoms. The minimum Gasteiger partial charge on any atom is -0.105 e. The van der Waals surface area contributed by atoms with Gasteiger partial charge < -0.3 is 0 Å². The summed E-state index contributed by atoms with van der Waals surface area (Å²) in [5.41, 5.74) is 2.72. The Bertz CT molecular complexity index is 223. The molecule has 56 valence electrons.